The Balaban J connectivity index is -0.000000774. The SMILES string of the molecule is CC1[C@@H](C)C([Si](C)(C)[N-]C(C)(C)C)[C@H](C)[C@@H]1C.[CH3-].[CH3-].[Cl][Ti+3]. The van der Waals surface area contributed by atoms with Gasteiger partial charge in [-0.3, -0.25) is 0 Å². The monoisotopic (exact) mass is 367 g/mol. The standard InChI is InChI=1S/C15H32NSi.2CH3.ClH.Ti/c1-10-11(2)13(4)14(12(10)3)17(8,9)16-15(5,6)7;;;;/h10-14H,1-9H3;2*1H3;1H;/q3*-1;;+4/p-1/t10-,11?,12-,13-,14?;;;;/m1..../s1. The summed E-state index contributed by atoms with van der Waals surface area (Å²) in [5, 5.41) is 0. The van der Waals surface area contributed by atoms with Gasteiger partial charge in [-0.2, -0.15) is 0 Å². The zero-order valence-corrected chi connectivity index (χ0v) is 19.5. The molecule has 5 atom stereocenters. The molecule has 0 amide bonds. The Hall–Kier alpha value is 1.18. The summed E-state index contributed by atoms with van der Waals surface area (Å²) in [6.07, 6.45) is 0. The molecule has 1 rings (SSSR count). The van der Waals surface area contributed by atoms with E-state index >= 15 is 0 Å². The average Bonchev–Trinajstić information content (AvgIpc) is 2.43. The van der Waals surface area contributed by atoms with E-state index in [0.29, 0.717) is 0 Å². The van der Waals surface area contributed by atoms with Crippen LogP contribution in [-0.2, 0) is 19.4 Å². The topological polar surface area (TPSA) is 14.1 Å². The Kier molecular flexibility index (Phi) is 13.0. The van der Waals surface area contributed by atoms with Gasteiger partial charge in [-0.25, -0.2) is 0 Å². The minimum atomic E-state index is -1.49. The van der Waals surface area contributed by atoms with Crippen molar-refractivity contribution in [3.8, 4) is 0 Å². The third kappa shape index (κ3) is 7.08. The fourth-order valence-electron chi connectivity index (χ4n) is 4.32. The first-order valence-electron chi connectivity index (χ1n) is 7.40. The van der Waals surface area contributed by atoms with Gasteiger partial charge in [-0.05, 0) is 23.7 Å². The van der Waals surface area contributed by atoms with Crippen molar-refractivity contribution >= 4 is 17.5 Å². The summed E-state index contributed by atoms with van der Waals surface area (Å²) in [5.41, 5.74) is 0.983. The Morgan fingerprint density at radius 1 is 0.810 bits per heavy atom. The van der Waals surface area contributed by atoms with Gasteiger partial charge in [0.25, 0.3) is 0 Å². The zero-order chi connectivity index (χ0) is 15.6. The van der Waals surface area contributed by atoms with Crippen LogP contribution in [-0.4, -0.2) is 13.8 Å². The van der Waals surface area contributed by atoms with Gasteiger partial charge < -0.3 is 19.8 Å². The van der Waals surface area contributed by atoms with Crippen molar-refractivity contribution in [1.29, 1.82) is 0 Å². The molecule has 0 bridgehead atoms. The van der Waals surface area contributed by atoms with Gasteiger partial charge in [-0.15, -0.1) is 5.54 Å². The molecule has 0 radical (unpaired) electrons. The zero-order valence-electron chi connectivity index (χ0n) is 16.2. The van der Waals surface area contributed by atoms with Gasteiger partial charge in [0.2, 0.25) is 0 Å². The fraction of sp³-hybridized carbons (Fsp3) is 0.882. The van der Waals surface area contributed by atoms with Gasteiger partial charge in [0, 0.05) is 0 Å². The molecule has 0 aromatic rings. The maximum absolute atomic E-state index is 5.23. The van der Waals surface area contributed by atoms with E-state index in [0.717, 1.165) is 29.2 Å². The van der Waals surface area contributed by atoms with Crippen LogP contribution in [0.15, 0.2) is 0 Å². The molecule has 1 aliphatic carbocycles. The fourth-order valence-corrected chi connectivity index (χ4v) is 9.37. The van der Waals surface area contributed by atoms with E-state index in [1.54, 1.807) is 0 Å². The van der Waals surface area contributed by atoms with Crippen LogP contribution in [0.3, 0.4) is 0 Å². The molecule has 1 aliphatic rings. The molecule has 2 unspecified atom stereocenters. The van der Waals surface area contributed by atoms with Crippen molar-refractivity contribution in [1.82, 2.24) is 0 Å². The van der Waals surface area contributed by atoms with E-state index in [-0.39, 0.29) is 20.4 Å². The van der Waals surface area contributed by atoms with Crippen LogP contribution in [0.25, 0.3) is 4.98 Å². The summed E-state index contributed by atoms with van der Waals surface area (Å²) in [7, 11) is 3.15. The summed E-state index contributed by atoms with van der Waals surface area (Å²) in [6.45, 7) is 21.5. The molecular weight excluding hydrogens is 330 g/mol. The van der Waals surface area contributed by atoms with Crippen LogP contribution in [0, 0.1) is 38.5 Å². The van der Waals surface area contributed by atoms with Crippen LogP contribution >= 0.6 is 9.30 Å². The van der Waals surface area contributed by atoms with E-state index < -0.39 is 8.24 Å². The Bertz CT molecular complexity index is 264. The summed E-state index contributed by atoms with van der Waals surface area (Å²) in [5.74, 6) is 3.40. The molecule has 1 fully saturated rings. The first-order valence-corrected chi connectivity index (χ1v) is 12.6. The quantitative estimate of drug-likeness (QED) is 0.373. The number of hydrogen-bond acceptors (Lipinski definition) is 0. The van der Waals surface area contributed by atoms with Crippen LogP contribution in [0.4, 0.5) is 0 Å². The molecule has 1 nitrogen and oxygen atoms in total. The van der Waals surface area contributed by atoms with Crippen molar-refractivity contribution in [2.45, 2.75) is 72.6 Å². The van der Waals surface area contributed by atoms with Crippen molar-refractivity contribution in [2.24, 2.45) is 23.7 Å². The third-order valence-electron chi connectivity index (χ3n) is 5.06. The van der Waals surface area contributed by atoms with Crippen LogP contribution in [0.1, 0.15) is 48.5 Å². The Morgan fingerprint density at radius 2 is 1.10 bits per heavy atom. The van der Waals surface area contributed by atoms with E-state index in [4.69, 9.17) is 4.98 Å². The second kappa shape index (κ2) is 10.1. The predicted molar refractivity (Wildman–Crippen MR) is 99.7 cm³/mol. The number of halogens is 1. The summed E-state index contributed by atoms with van der Waals surface area (Å²) < 4.78 is 0. The molecule has 0 aliphatic heterocycles. The van der Waals surface area contributed by atoms with Crippen LogP contribution < -0.4 is 0 Å². The first-order chi connectivity index (χ1) is 8.47. The van der Waals surface area contributed by atoms with Crippen molar-refractivity contribution < 1.29 is 19.4 Å². The van der Waals surface area contributed by atoms with Gasteiger partial charge in [0.05, 0.1) is 0 Å². The van der Waals surface area contributed by atoms with Crippen LogP contribution in [0.2, 0.25) is 18.6 Å². The van der Waals surface area contributed by atoms with Gasteiger partial charge in [-0.1, -0.05) is 75.3 Å². The van der Waals surface area contributed by atoms with Gasteiger partial charge >= 0.3 is 28.7 Å². The number of hydrogen-bond donors (Lipinski definition) is 0. The van der Waals surface area contributed by atoms with Gasteiger partial charge in [0.15, 0.2) is 0 Å². The summed E-state index contributed by atoms with van der Waals surface area (Å²) in [6, 6.07) is 0. The second-order valence-corrected chi connectivity index (χ2v) is 12.1. The van der Waals surface area contributed by atoms with Crippen molar-refractivity contribution in [3.05, 3.63) is 19.8 Å². The Labute approximate surface area is 152 Å². The average molecular weight is 368 g/mol. The molecule has 0 aromatic heterocycles. The summed E-state index contributed by atoms with van der Waals surface area (Å²) >= 11 is 1.47. The molecule has 0 spiro atoms. The van der Waals surface area contributed by atoms with Gasteiger partial charge in [0.1, 0.15) is 0 Å². The molecule has 21 heavy (non-hydrogen) atoms. The number of rotatable bonds is 2. The molecule has 0 saturated heterocycles. The Morgan fingerprint density at radius 3 is 1.33 bits per heavy atom. The molecule has 4 heteroatoms. The third-order valence-corrected chi connectivity index (χ3v) is 8.99. The van der Waals surface area contributed by atoms with E-state index in [1.807, 2.05) is 0 Å². The number of nitrogens with zero attached hydrogens (tertiary/aromatic N) is 1. The van der Waals surface area contributed by atoms with Crippen molar-refractivity contribution in [2.75, 3.05) is 0 Å². The molecule has 0 N–H and O–H groups in total. The van der Waals surface area contributed by atoms with Crippen LogP contribution in [0.5, 0.6) is 0 Å². The maximum atomic E-state index is 5.23. The van der Waals surface area contributed by atoms with Crippen molar-refractivity contribution in [3.63, 3.8) is 0 Å². The minimum absolute atomic E-state index is 0. The molecule has 126 valence electrons. The summed E-state index contributed by atoms with van der Waals surface area (Å²) in [4.78, 5) is 5.23. The molecule has 1 saturated carbocycles. The van der Waals surface area contributed by atoms with E-state index in [2.05, 4.69) is 70.9 Å². The van der Waals surface area contributed by atoms with E-state index in [9.17, 15) is 0 Å². The van der Waals surface area contributed by atoms with E-state index in [1.165, 1.54) is 19.4 Å². The molecule has 0 heterocycles. The second-order valence-electron chi connectivity index (χ2n) is 7.90. The predicted octanol–water partition coefficient (Wildman–Crippen LogP) is 6.88. The molecular formula is C17H38ClNSiTi. The molecule has 0 aromatic carbocycles. The first kappa shape index (κ1) is 27.0. The normalized spacial score (nSPS) is 32.5.